The van der Waals surface area contributed by atoms with Gasteiger partial charge in [-0.15, -0.1) is 0 Å². The Morgan fingerprint density at radius 3 is 2.48 bits per heavy atom. The summed E-state index contributed by atoms with van der Waals surface area (Å²) in [5.41, 5.74) is 2.26. The molecule has 0 spiro atoms. The standard InChI is InChI=1S/C24H25FN6/c25-17-9-8-12-19(15-17)27-22-21-16-26-31(20-13-6-3-7-14-20)23(21)30-24(29-22)28-18-10-4-1-2-5-11-18/h3,6-9,12-16,18H,1-2,4-5,10-11H2,(H2,27,28,29,30). The number of aromatic nitrogens is 4. The van der Waals surface area contributed by atoms with Crippen molar-refractivity contribution in [1.29, 1.82) is 0 Å². The Balaban J connectivity index is 1.57. The lowest BCUT2D eigenvalue weighted by Gasteiger charge is -2.17. The van der Waals surface area contributed by atoms with Crippen molar-refractivity contribution in [2.75, 3.05) is 10.6 Å². The van der Waals surface area contributed by atoms with Gasteiger partial charge in [0.1, 0.15) is 11.6 Å². The molecule has 7 heteroatoms. The second-order valence-electron chi connectivity index (χ2n) is 7.99. The van der Waals surface area contributed by atoms with Gasteiger partial charge in [0.25, 0.3) is 0 Å². The van der Waals surface area contributed by atoms with Crippen molar-refractivity contribution >= 4 is 28.5 Å². The van der Waals surface area contributed by atoms with Gasteiger partial charge in [-0.1, -0.05) is 49.9 Å². The van der Waals surface area contributed by atoms with Crippen LogP contribution in [0.3, 0.4) is 0 Å². The topological polar surface area (TPSA) is 67.7 Å². The number of hydrogen-bond acceptors (Lipinski definition) is 5. The van der Waals surface area contributed by atoms with E-state index in [1.54, 1.807) is 12.3 Å². The first-order chi connectivity index (χ1) is 15.3. The number of nitrogens with one attached hydrogen (secondary N) is 2. The second kappa shape index (κ2) is 8.71. The maximum atomic E-state index is 13.7. The van der Waals surface area contributed by atoms with Crippen molar-refractivity contribution in [2.24, 2.45) is 0 Å². The van der Waals surface area contributed by atoms with Gasteiger partial charge < -0.3 is 10.6 Å². The average molecular weight is 417 g/mol. The molecule has 1 aliphatic rings. The highest BCUT2D eigenvalue weighted by Crippen LogP contribution is 2.28. The number of halogens is 1. The van der Waals surface area contributed by atoms with Gasteiger partial charge >= 0.3 is 0 Å². The van der Waals surface area contributed by atoms with Crippen LogP contribution in [0.4, 0.5) is 21.8 Å². The van der Waals surface area contributed by atoms with Crippen LogP contribution in [0.25, 0.3) is 16.7 Å². The molecule has 4 aromatic rings. The van der Waals surface area contributed by atoms with E-state index in [4.69, 9.17) is 9.97 Å². The molecule has 1 fully saturated rings. The zero-order valence-corrected chi connectivity index (χ0v) is 17.3. The van der Waals surface area contributed by atoms with Gasteiger partial charge in [-0.25, -0.2) is 9.07 Å². The van der Waals surface area contributed by atoms with Gasteiger partial charge in [0.05, 0.1) is 17.3 Å². The van der Waals surface area contributed by atoms with E-state index in [0.717, 1.165) is 23.9 Å². The minimum Gasteiger partial charge on any atom is -0.351 e. The van der Waals surface area contributed by atoms with Crippen LogP contribution in [-0.2, 0) is 0 Å². The summed E-state index contributed by atoms with van der Waals surface area (Å²) in [5, 5.41) is 12.1. The van der Waals surface area contributed by atoms with E-state index < -0.39 is 0 Å². The van der Waals surface area contributed by atoms with E-state index >= 15 is 0 Å². The summed E-state index contributed by atoms with van der Waals surface area (Å²) in [7, 11) is 0. The highest BCUT2D eigenvalue weighted by Gasteiger charge is 2.18. The van der Waals surface area contributed by atoms with Gasteiger partial charge in [0.2, 0.25) is 5.95 Å². The summed E-state index contributed by atoms with van der Waals surface area (Å²) in [6.07, 6.45) is 8.99. The first-order valence-electron chi connectivity index (χ1n) is 10.9. The predicted molar refractivity (Wildman–Crippen MR) is 121 cm³/mol. The van der Waals surface area contributed by atoms with Gasteiger partial charge in [0, 0.05) is 11.7 Å². The molecule has 31 heavy (non-hydrogen) atoms. The van der Waals surface area contributed by atoms with Crippen molar-refractivity contribution in [3.8, 4) is 5.69 Å². The first kappa shape index (κ1) is 19.5. The highest BCUT2D eigenvalue weighted by molar-refractivity contribution is 5.90. The Kier molecular flexibility index (Phi) is 5.48. The van der Waals surface area contributed by atoms with Crippen molar-refractivity contribution in [1.82, 2.24) is 19.7 Å². The largest absolute Gasteiger partial charge is 0.351 e. The quantitative estimate of drug-likeness (QED) is 0.401. The molecule has 0 atom stereocenters. The molecule has 2 N–H and O–H groups in total. The van der Waals surface area contributed by atoms with Crippen LogP contribution < -0.4 is 10.6 Å². The molecular formula is C24H25FN6. The summed E-state index contributed by atoms with van der Waals surface area (Å²) < 4.78 is 15.5. The van der Waals surface area contributed by atoms with E-state index in [1.165, 1.54) is 37.8 Å². The SMILES string of the molecule is Fc1cccc(Nc2nc(NC3CCCCCC3)nc3c2cnn3-c2ccccc2)c1. The zero-order chi connectivity index (χ0) is 21.0. The number of para-hydroxylation sites is 1. The zero-order valence-electron chi connectivity index (χ0n) is 17.3. The third-order valence-corrected chi connectivity index (χ3v) is 5.70. The molecule has 2 aromatic heterocycles. The smallest absolute Gasteiger partial charge is 0.226 e. The minimum absolute atomic E-state index is 0.299. The predicted octanol–water partition coefficient (Wildman–Crippen LogP) is 5.83. The van der Waals surface area contributed by atoms with Crippen molar-refractivity contribution in [3.63, 3.8) is 0 Å². The Hall–Kier alpha value is -3.48. The van der Waals surface area contributed by atoms with Crippen LogP contribution >= 0.6 is 0 Å². The van der Waals surface area contributed by atoms with Crippen molar-refractivity contribution in [3.05, 3.63) is 66.6 Å². The molecule has 2 aromatic carbocycles. The maximum Gasteiger partial charge on any atom is 0.226 e. The highest BCUT2D eigenvalue weighted by atomic mass is 19.1. The van der Waals surface area contributed by atoms with Crippen molar-refractivity contribution in [2.45, 2.75) is 44.6 Å². The lowest BCUT2D eigenvalue weighted by atomic mass is 10.1. The van der Waals surface area contributed by atoms with Crippen LogP contribution in [0.15, 0.2) is 60.8 Å². The van der Waals surface area contributed by atoms with Gasteiger partial charge in [0.15, 0.2) is 5.65 Å². The lowest BCUT2D eigenvalue weighted by Crippen LogP contribution is -2.20. The summed E-state index contributed by atoms with van der Waals surface area (Å²) >= 11 is 0. The minimum atomic E-state index is -0.299. The summed E-state index contributed by atoms with van der Waals surface area (Å²) in [6, 6.07) is 16.6. The van der Waals surface area contributed by atoms with Crippen LogP contribution in [0, 0.1) is 5.82 Å². The average Bonchev–Trinajstić information content (AvgIpc) is 3.04. The van der Waals surface area contributed by atoms with Crippen LogP contribution in [0.2, 0.25) is 0 Å². The Bertz CT molecular complexity index is 1170. The molecule has 6 nitrogen and oxygen atoms in total. The summed E-state index contributed by atoms with van der Waals surface area (Å²) in [6.45, 7) is 0. The molecule has 0 bridgehead atoms. The van der Waals surface area contributed by atoms with Gasteiger partial charge in [-0.2, -0.15) is 15.1 Å². The van der Waals surface area contributed by atoms with Crippen molar-refractivity contribution < 1.29 is 4.39 Å². The fraction of sp³-hybridized carbons (Fsp3) is 0.292. The Labute approximate surface area is 180 Å². The van der Waals surface area contributed by atoms with E-state index in [1.807, 2.05) is 41.1 Å². The van der Waals surface area contributed by atoms with Crippen LogP contribution in [-0.4, -0.2) is 25.8 Å². The molecule has 1 saturated carbocycles. The van der Waals surface area contributed by atoms with Gasteiger partial charge in [-0.05, 0) is 43.2 Å². The molecule has 0 aliphatic heterocycles. The third kappa shape index (κ3) is 4.35. The molecule has 0 amide bonds. The fourth-order valence-corrected chi connectivity index (χ4v) is 4.14. The lowest BCUT2D eigenvalue weighted by molar-refractivity contribution is 0.615. The summed E-state index contributed by atoms with van der Waals surface area (Å²) in [5.74, 6) is 0.872. The number of rotatable bonds is 5. The van der Waals surface area contributed by atoms with E-state index in [2.05, 4.69) is 15.7 Å². The van der Waals surface area contributed by atoms with E-state index in [-0.39, 0.29) is 5.82 Å². The number of anilines is 3. The first-order valence-corrected chi connectivity index (χ1v) is 10.9. The number of fused-ring (bicyclic) bond motifs is 1. The molecule has 5 rings (SSSR count). The van der Waals surface area contributed by atoms with E-state index in [0.29, 0.717) is 29.1 Å². The molecule has 0 saturated heterocycles. The number of nitrogens with zero attached hydrogens (tertiary/aromatic N) is 4. The fourth-order valence-electron chi connectivity index (χ4n) is 4.14. The van der Waals surface area contributed by atoms with E-state index in [9.17, 15) is 4.39 Å². The molecule has 158 valence electrons. The molecule has 0 unspecified atom stereocenters. The molecule has 1 aliphatic carbocycles. The third-order valence-electron chi connectivity index (χ3n) is 5.70. The maximum absolute atomic E-state index is 13.7. The molecular weight excluding hydrogens is 391 g/mol. The Morgan fingerprint density at radius 1 is 0.903 bits per heavy atom. The molecule has 0 radical (unpaired) electrons. The summed E-state index contributed by atoms with van der Waals surface area (Å²) in [4.78, 5) is 9.57. The monoisotopic (exact) mass is 416 g/mol. The van der Waals surface area contributed by atoms with Gasteiger partial charge in [-0.3, -0.25) is 0 Å². The molecule has 2 heterocycles. The Morgan fingerprint density at radius 2 is 1.71 bits per heavy atom. The second-order valence-corrected chi connectivity index (χ2v) is 7.99. The number of hydrogen-bond donors (Lipinski definition) is 2. The van der Waals surface area contributed by atoms with Crippen LogP contribution in [0.1, 0.15) is 38.5 Å². The normalized spacial score (nSPS) is 15.0. The van der Waals surface area contributed by atoms with Crippen LogP contribution in [0.5, 0.6) is 0 Å². The number of benzene rings is 2.